The standard InChI is InChI=1S/C6H5NO2.C6H6O2/c8-7(9)6-4-2-1-3-5-6;7-5-1-2-6(8)4-3-5/h1-5H;1-4,7-8H. The highest BCUT2D eigenvalue weighted by Gasteiger charge is 1.98. The van der Waals surface area contributed by atoms with Gasteiger partial charge in [0.15, 0.2) is 0 Å². The monoisotopic (exact) mass is 233 g/mol. The number of benzene rings is 2. The van der Waals surface area contributed by atoms with E-state index in [1.165, 1.54) is 36.4 Å². The second-order valence-corrected chi connectivity index (χ2v) is 3.11. The van der Waals surface area contributed by atoms with Gasteiger partial charge >= 0.3 is 0 Å². The van der Waals surface area contributed by atoms with Crippen LogP contribution in [0.15, 0.2) is 54.6 Å². The number of non-ortho nitro benzene ring substituents is 1. The molecule has 0 saturated carbocycles. The van der Waals surface area contributed by atoms with E-state index in [4.69, 9.17) is 10.2 Å². The van der Waals surface area contributed by atoms with Crippen LogP contribution in [0.25, 0.3) is 0 Å². The van der Waals surface area contributed by atoms with Gasteiger partial charge in [0.2, 0.25) is 0 Å². The Balaban J connectivity index is 0.000000171. The molecule has 0 atom stereocenters. The number of hydrogen-bond donors (Lipinski definition) is 2. The summed E-state index contributed by atoms with van der Waals surface area (Å²) in [6.45, 7) is 0. The average molecular weight is 233 g/mol. The molecule has 2 aromatic carbocycles. The first-order chi connectivity index (χ1) is 8.09. The van der Waals surface area contributed by atoms with Crippen LogP contribution in [0.1, 0.15) is 0 Å². The highest BCUT2D eigenvalue weighted by Crippen LogP contribution is 2.13. The van der Waals surface area contributed by atoms with Gasteiger partial charge in [-0.05, 0) is 24.3 Å². The number of aromatic hydroxyl groups is 2. The summed E-state index contributed by atoms with van der Waals surface area (Å²) in [6.07, 6.45) is 0. The number of hydrogen-bond acceptors (Lipinski definition) is 4. The molecule has 2 rings (SSSR count). The van der Waals surface area contributed by atoms with Crippen molar-refractivity contribution in [3.63, 3.8) is 0 Å². The van der Waals surface area contributed by atoms with E-state index in [1.807, 2.05) is 0 Å². The summed E-state index contributed by atoms with van der Waals surface area (Å²) < 4.78 is 0. The summed E-state index contributed by atoms with van der Waals surface area (Å²) in [5, 5.41) is 27.3. The van der Waals surface area contributed by atoms with Gasteiger partial charge in [0, 0.05) is 12.1 Å². The molecule has 0 radical (unpaired) electrons. The first kappa shape index (κ1) is 12.5. The molecule has 0 fully saturated rings. The van der Waals surface area contributed by atoms with Crippen molar-refractivity contribution in [2.75, 3.05) is 0 Å². The van der Waals surface area contributed by atoms with Gasteiger partial charge in [-0.25, -0.2) is 0 Å². The van der Waals surface area contributed by atoms with Crippen molar-refractivity contribution in [1.29, 1.82) is 0 Å². The molecular formula is C12H11NO4. The van der Waals surface area contributed by atoms with Crippen molar-refractivity contribution in [3.05, 3.63) is 64.7 Å². The lowest BCUT2D eigenvalue weighted by atomic mass is 10.3. The number of phenols is 2. The molecule has 0 bridgehead atoms. The largest absolute Gasteiger partial charge is 0.508 e. The molecular weight excluding hydrogens is 222 g/mol. The third-order valence-corrected chi connectivity index (χ3v) is 1.82. The maximum atomic E-state index is 10.0. The van der Waals surface area contributed by atoms with Gasteiger partial charge in [0.05, 0.1) is 4.92 Å². The quantitative estimate of drug-likeness (QED) is 0.450. The number of nitro benzene ring substituents is 1. The number of rotatable bonds is 1. The zero-order valence-electron chi connectivity index (χ0n) is 8.85. The van der Waals surface area contributed by atoms with Gasteiger partial charge in [-0.1, -0.05) is 18.2 Å². The molecule has 17 heavy (non-hydrogen) atoms. The molecule has 0 aromatic heterocycles. The van der Waals surface area contributed by atoms with E-state index in [9.17, 15) is 10.1 Å². The van der Waals surface area contributed by atoms with E-state index in [0.29, 0.717) is 0 Å². The summed E-state index contributed by atoms with van der Waals surface area (Å²) in [6, 6.07) is 13.6. The van der Waals surface area contributed by atoms with Crippen molar-refractivity contribution in [3.8, 4) is 11.5 Å². The van der Waals surface area contributed by atoms with E-state index < -0.39 is 4.92 Å². The van der Waals surface area contributed by atoms with Crippen molar-refractivity contribution in [2.45, 2.75) is 0 Å². The van der Waals surface area contributed by atoms with Gasteiger partial charge in [0.25, 0.3) is 5.69 Å². The second kappa shape index (κ2) is 6.12. The van der Waals surface area contributed by atoms with Crippen LogP contribution in [0.5, 0.6) is 11.5 Å². The van der Waals surface area contributed by atoms with Crippen LogP contribution < -0.4 is 0 Å². The topological polar surface area (TPSA) is 83.6 Å². The molecule has 0 aliphatic carbocycles. The molecule has 2 aromatic rings. The summed E-state index contributed by atoms with van der Waals surface area (Å²) in [5.41, 5.74) is 0.137. The first-order valence-electron chi connectivity index (χ1n) is 4.77. The third kappa shape index (κ3) is 4.65. The minimum Gasteiger partial charge on any atom is -0.508 e. The Morgan fingerprint density at radius 2 is 1.24 bits per heavy atom. The van der Waals surface area contributed by atoms with Gasteiger partial charge in [-0.2, -0.15) is 0 Å². The zero-order valence-corrected chi connectivity index (χ0v) is 8.85. The molecule has 0 aliphatic heterocycles. The minimum atomic E-state index is -0.417. The molecule has 2 N–H and O–H groups in total. The highest BCUT2D eigenvalue weighted by atomic mass is 16.6. The van der Waals surface area contributed by atoms with Crippen LogP contribution in [0, 0.1) is 10.1 Å². The zero-order chi connectivity index (χ0) is 12.7. The SMILES string of the molecule is O=[N+]([O-])c1ccccc1.Oc1ccc(O)cc1. The summed E-state index contributed by atoms with van der Waals surface area (Å²) >= 11 is 0. The van der Waals surface area contributed by atoms with Gasteiger partial charge < -0.3 is 10.2 Å². The van der Waals surface area contributed by atoms with Gasteiger partial charge in [-0.15, -0.1) is 0 Å². The molecule has 0 spiro atoms. The minimum absolute atomic E-state index is 0.137. The van der Waals surface area contributed by atoms with Crippen LogP contribution >= 0.6 is 0 Å². The Kier molecular flexibility index (Phi) is 4.50. The Morgan fingerprint density at radius 1 is 0.824 bits per heavy atom. The molecule has 0 amide bonds. The van der Waals surface area contributed by atoms with Crippen LogP contribution in [0.2, 0.25) is 0 Å². The van der Waals surface area contributed by atoms with Crippen molar-refractivity contribution in [2.24, 2.45) is 0 Å². The van der Waals surface area contributed by atoms with Gasteiger partial charge in [0.1, 0.15) is 11.5 Å². The van der Waals surface area contributed by atoms with E-state index in [2.05, 4.69) is 0 Å². The molecule has 88 valence electrons. The number of para-hydroxylation sites is 1. The molecule has 5 nitrogen and oxygen atoms in total. The molecule has 0 saturated heterocycles. The van der Waals surface area contributed by atoms with Crippen molar-refractivity contribution >= 4 is 5.69 Å². The molecule has 5 heteroatoms. The lowest BCUT2D eigenvalue weighted by Gasteiger charge is -1.88. The van der Waals surface area contributed by atoms with E-state index in [-0.39, 0.29) is 17.2 Å². The summed E-state index contributed by atoms with van der Waals surface area (Å²) in [5.74, 6) is 0.339. The van der Waals surface area contributed by atoms with Crippen LogP contribution in [-0.4, -0.2) is 15.1 Å². The smallest absolute Gasteiger partial charge is 0.269 e. The predicted octanol–water partition coefficient (Wildman–Crippen LogP) is 2.69. The Labute approximate surface area is 97.7 Å². The summed E-state index contributed by atoms with van der Waals surface area (Å²) in [7, 11) is 0. The first-order valence-corrected chi connectivity index (χ1v) is 4.77. The van der Waals surface area contributed by atoms with Gasteiger partial charge in [-0.3, -0.25) is 10.1 Å². The Morgan fingerprint density at radius 3 is 1.53 bits per heavy atom. The number of nitro groups is 1. The summed E-state index contributed by atoms with van der Waals surface area (Å²) in [4.78, 5) is 9.59. The van der Waals surface area contributed by atoms with Crippen molar-refractivity contribution in [1.82, 2.24) is 0 Å². The van der Waals surface area contributed by atoms with Crippen molar-refractivity contribution < 1.29 is 15.1 Å². The maximum Gasteiger partial charge on any atom is 0.269 e. The highest BCUT2D eigenvalue weighted by molar-refractivity contribution is 5.29. The second-order valence-electron chi connectivity index (χ2n) is 3.11. The fraction of sp³-hybridized carbons (Fsp3) is 0. The number of phenolic OH excluding ortho intramolecular Hbond substituents is 2. The number of nitrogens with zero attached hydrogens (tertiary/aromatic N) is 1. The lowest BCUT2D eigenvalue weighted by molar-refractivity contribution is -0.384. The van der Waals surface area contributed by atoms with E-state index in [1.54, 1.807) is 18.2 Å². The van der Waals surface area contributed by atoms with E-state index >= 15 is 0 Å². The molecule has 0 unspecified atom stereocenters. The third-order valence-electron chi connectivity index (χ3n) is 1.82. The van der Waals surface area contributed by atoms with Crippen LogP contribution in [0.4, 0.5) is 5.69 Å². The maximum absolute atomic E-state index is 10.0. The normalized spacial score (nSPS) is 8.94. The van der Waals surface area contributed by atoms with Crippen LogP contribution in [0.3, 0.4) is 0 Å². The lowest BCUT2D eigenvalue weighted by Crippen LogP contribution is -1.84. The predicted molar refractivity (Wildman–Crippen MR) is 62.9 cm³/mol. The fourth-order valence-electron chi connectivity index (χ4n) is 1.00. The Bertz CT molecular complexity index is 447. The average Bonchev–Trinajstić information content (AvgIpc) is 2.35. The molecule has 0 heterocycles. The Hall–Kier alpha value is -2.56. The molecule has 0 aliphatic rings. The van der Waals surface area contributed by atoms with Crippen LogP contribution in [-0.2, 0) is 0 Å². The fourth-order valence-corrected chi connectivity index (χ4v) is 1.00. The van der Waals surface area contributed by atoms with E-state index in [0.717, 1.165) is 0 Å².